The van der Waals surface area contributed by atoms with Crippen LogP contribution in [-0.2, 0) is 16.1 Å². The first kappa shape index (κ1) is 26.7. The van der Waals surface area contributed by atoms with Gasteiger partial charge < -0.3 is 16.0 Å². The Labute approximate surface area is 192 Å². The molecular formula is C22H36Cl2N4O2. The smallest absolute Gasteiger partial charge is 0.241 e. The van der Waals surface area contributed by atoms with E-state index in [9.17, 15) is 9.59 Å². The van der Waals surface area contributed by atoms with Crippen LogP contribution in [0, 0.1) is 11.3 Å². The molecule has 1 aromatic rings. The van der Waals surface area contributed by atoms with Gasteiger partial charge in [0.15, 0.2) is 0 Å². The Hall–Kier alpha value is -1.34. The predicted molar refractivity (Wildman–Crippen MR) is 125 cm³/mol. The molecule has 8 heteroatoms. The van der Waals surface area contributed by atoms with E-state index in [0.717, 1.165) is 39.1 Å². The minimum absolute atomic E-state index is 0. The van der Waals surface area contributed by atoms with Crippen molar-refractivity contribution in [3.05, 3.63) is 35.9 Å². The molecule has 2 aliphatic rings. The molecule has 2 saturated heterocycles. The Balaban J connectivity index is 0.00000225. The van der Waals surface area contributed by atoms with Crippen molar-refractivity contribution in [3.63, 3.8) is 0 Å². The van der Waals surface area contributed by atoms with Crippen molar-refractivity contribution in [1.29, 1.82) is 0 Å². The monoisotopic (exact) mass is 458 g/mol. The molecule has 0 saturated carbocycles. The van der Waals surface area contributed by atoms with Crippen molar-refractivity contribution in [3.8, 4) is 0 Å². The molecule has 2 fully saturated rings. The molecule has 0 aromatic heterocycles. The number of likely N-dealkylation sites (tertiary alicyclic amines) is 2. The standard InChI is InChI=1S/C22H34N4O2.2ClH/c1-17(2)20(23)21(28)24-13-19(27)26-12-10-22(16-26)9-6-11-25(15-22)14-18-7-4-3-5-8-18;;/h3-5,7-8,17,20H,6,9-16,23H2,1-2H3,(H,24,28);2*1H/t20-,22?;;/m0../s1. The third-order valence-corrected chi connectivity index (χ3v) is 6.22. The van der Waals surface area contributed by atoms with Gasteiger partial charge in [0.1, 0.15) is 0 Å². The lowest BCUT2D eigenvalue weighted by molar-refractivity contribution is -0.133. The summed E-state index contributed by atoms with van der Waals surface area (Å²) in [6.07, 6.45) is 3.39. The van der Waals surface area contributed by atoms with Gasteiger partial charge in [0.05, 0.1) is 12.6 Å². The lowest BCUT2D eigenvalue weighted by Gasteiger charge is -2.40. The Kier molecular flexibility index (Phi) is 10.6. The van der Waals surface area contributed by atoms with Crippen molar-refractivity contribution >= 4 is 36.6 Å². The maximum Gasteiger partial charge on any atom is 0.241 e. The molecular weight excluding hydrogens is 423 g/mol. The number of halogens is 2. The van der Waals surface area contributed by atoms with Gasteiger partial charge in [-0.15, -0.1) is 24.8 Å². The van der Waals surface area contributed by atoms with Gasteiger partial charge in [0, 0.05) is 31.6 Å². The van der Waals surface area contributed by atoms with E-state index in [1.54, 1.807) is 0 Å². The van der Waals surface area contributed by atoms with Crippen LogP contribution >= 0.6 is 24.8 Å². The molecule has 2 heterocycles. The van der Waals surface area contributed by atoms with E-state index >= 15 is 0 Å². The number of amides is 2. The number of hydrogen-bond acceptors (Lipinski definition) is 4. The van der Waals surface area contributed by atoms with Crippen molar-refractivity contribution in [2.45, 2.75) is 45.7 Å². The zero-order valence-electron chi connectivity index (χ0n) is 18.0. The van der Waals surface area contributed by atoms with Crippen LogP contribution in [0.25, 0.3) is 0 Å². The highest BCUT2D eigenvalue weighted by atomic mass is 35.5. The fourth-order valence-electron chi connectivity index (χ4n) is 4.46. The van der Waals surface area contributed by atoms with E-state index in [2.05, 4.69) is 40.5 Å². The third kappa shape index (κ3) is 6.84. The van der Waals surface area contributed by atoms with Gasteiger partial charge in [-0.05, 0) is 37.3 Å². The van der Waals surface area contributed by atoms with Gasteiger partial charge >= 0.3 is 0 Å². The fraction of sp³-hybridized carbons (Fsp3) is 0.636. The molecule has 0 aliphatic carbocycles. The van der Waals surface area contributed by atoms with E-state index in [0.29, 0.717) is 0 Å². The first-order valence-electron chi connectivity index (χ1n) is 10.5. The summed E-state index contributed by atoms with van der Waals surface area (Å²) in [7, 11) is 0. The average molecular weight is 459 g/mol. The normalized spacial score (nSPS) is 22.3. The SMILES string of the molecule is CC(C)[C@H](N)C(=O)NCC(=O)N1CCC2(CCCN(Cc3ccccc3)C2)C1.Cl.Cl. The lowest BCUT2D eigenvalue weighted by Crippen LogP contribution is -2.48. The van der Waals surface area contributed by atoms with Crippen molar-refractivity contribution in [2.75, 3.05) is 32.7 Å². The second kappa shape index (κ2) is 11.9. The molecule has 3 rings (SSSR count). The number of benzene rings is 1. The molecule has 1 aromatic carbocycles. The molecule has 170 valence electrons. The molecule has 2 atom stereocenters. The van der Waals surface area contributed by atoms with Crippen LogP contribution in [0.1, 0.15) is 38.7 Å². The number of nitrogens with zero attached hydrogens (tertiary/aromatic N) is 2. The Morgan fingerprint density at radius 2 is 1.80 bits per heavy atom. The lowest BCUT2D eigenvalue weighted by atomic mass is 9.79. The van der Waals surface area contributed by atoms with E-state index in [1.807, 2.05) is 18.7 Å². The van der Waals surface area contributed by atoms with Crippen molar-refractivity contribution in [1.82, 2.24) is 15.1 Å². The van der Waals surface area contributed by atoms with E-state index in [1.165, 1.54) is 18.4 Å². The van der Waals surface area contributed by atoms with E-state index < -0.39 is 6.04 Å². The summed E-state index contributed by atoms with van der Waals surface area (Å²) < 4.78 is 0. The maximum atomic E-state index is 12.6. The fourth-order valence-corrected chi connectivity index (χ4v) is 4.46. The molecule has 2 aliphatic heterocycles. The molecule has 3 N–H and O–H groups in total. The molecule has 2 amide bonds. The Morgan fingerprint density at radius 3 is 2.47 bits per heavy atom. The second-order valence-electron chi connectivity index (χ2n) is 8.85. The second-order valence-corrected chi connectivity index (χ2v) is 8.85. The highest BCUT2D eigenvalue weighted by Crippen LogP contribution is 2.39. The minimum Gasteiger partial charge on any atom is -0.346 e. The summed E-state index contributed by atoms with van der Waals surface area (Å²) >= 11 is 0. The Bertz CT molecular complexity index is 689. The van der Waals surface area contributed by atoms with E-state index in [-0.39, 0.29) is 54.5 Å². The summed E-state index contributed by atoms with van der Waals surface area (Å²) in [5.41, 5.74) is 7.39. The largest absolute Gasteiger partial charge is 0.346 e. The van der Waals surface area contributed by atoms with Gasteiger partial charge in [0.2, 0.25) is 11.8 Å². The van der Waals surface area contributed by atoms with Crippen molar-refractivity contribution in [2.24, 2.45) is 17.1 Å². The van der Waals surface area contributed by atoms with Gasteiger partial charge in [-0.3, -0.25) is 14.5 Å². The molecule has 0 radical (unpaired) electrons. The molecule has 6 nitrogen and oxygen atoms in total. The van der Waals surface area contributed by atoms with Crippen LogP contribution < -0.4 is 11.1 Å². The van der Waals surface area contributed by atoms with Crippen LogP contribution in [0.3, 0.4) is 0 Å². The Morgan fingerprint density at radius 1 is 1.10 bits per heavy atom. The number of carbonyl (C=O) groups is 2. The average Bonchev–Trinajstić information content (AvgIpc) is 3.09. The summed E-state index contributed by atoms with van der Waals surface area (Å²) in [5, 5.41) is 2.71. The first-order valence-corrected chi connectivity index (χ1v) is 10.5. The number of rotatable bonds is 6. The molecule has 1 unspecified atom stereocenters. The quantitative estimate of drug-likeness (QED) is 0.685. The summed E-state index contributed by atoms with van der Waals surface area (Å²) in [6, 6.07) is 10.0. The minimum atomic E-state index is -0.567. The number of carbonyl (C=O) groups excluding carboxylic acids is 2. The third-order valence-electron chi connectivity index (χ3n) is 6.22. The zero-order chi connectivity index (χ0) is 20.1. The van der Waals surface area contributed by atoms with Gasteiger partial charge in [-0.1, -0.05) is 44.2 Å². The highest BCUT2D eigenvalue weighted by Gasteiger charge is 2.42. The molecule has 1 spiro atoms. The molecule has 0 bridgehead atoms. The van der Waals surface area contributed by atoms with Crippen LogP contribution in [-0.4, -0.2) is 60.4 Å². The van der Waals surface area contributed by atoms with Crippen LogP contribution in [0.4, 0.5) is 0 Å². The number of nitrogens with one attached hydrogen (secondary N) is 1. The first-order chi connectivity index (χ1) is 13.4. The number of piperidine rings is 1. The number of hydrogen-bond donors (Lipinski definition) is 2. The highest BCUT2D eigenvalue weighted by molar-refractivity contribution is 5.87. The van der Waals surface area contributed by atoms with Gasteiger partial charge in [-0.2, -0.15) is 0 Å². The van der Waals surface area contributed by atoms with E-state index in [4.69, 9.17) is 5.73 Å². The van der Waals surface area contributed by atoms with Gasteiger partial charge in [0.25, 0.3) is 0 Å². The summed E-state index contributed by atoms with van der Waals surface area (Å²) in [6.45, 7) is 8.56. The summed E-state index contributed by atoms with van der Waals surface area (Å²) in [4.78, 5) is 29.0. The van der Waals surface area contributed by atoms with Crippen LogP contribution in [0.2, 0.25) is 0 Å². The topological polar surface area (TPSA) is 78.7 Å². The van der Waals surface area contributed by atoms with Crippen LogP contribution in [0.15, 0.2) is 30.3 Å². The van der Waals surface area contributed by atoms with Crippen LogP contribution in [0.5, 0.6) is 0 Å². The maximum absolute atomic E-state index is 12.6. The zero-order valence-corrected chi connectivity index (χ0v) is 19.6. The van der Waals surface area contributed by atoms with Crippen molar-refractivity contribution < 1.29 is 9.59 Å². The molecule has 30 heavy (non-hydrogen) atoms. The van der Waals surface area contributed by atoms with Gasteiger partial charge in [-0.25, -0.2) is 0 Å². The predicted octanol–water partition coefficient (Wildman–Crippen LogP) is 2.44. The number of nitrogens with two attached hydrogens (primary N) is 1. The summed E-state index contributed by atoms with van der Waals surface area (Å²) in [5.74, 6) is -0.187.